The van der Waals surface area contributed by atoms with Crippen molar-refractivity contribution in [2.24, 2.45) is 0 Å². The third-order valence-electron chi connectivity index (χ3n) is 1.63. The number of pyridine rings is 1. The van der Waals surface area contributed by atoms with E-state index in [0.717, 1.165) is 6.07 Å². The van der Waals surface area contributed by atoms with Crippen LogP contribution in [0.15, 0.2) is 6.07 Å². The van der Waals surface area contributed by atoms with Crippen molar-refractivity contribution in [2.75, 3.05) is 12.8 Å². The summed E-state index contributed by atoms with van der Waals surface area (Å²) in [5.41, 5.74) is 4.95. The lowest BCUT2D eigenvalue weighted by atomic mass is 10.2. The number of alkyl halides is 2. The second-order valence-electron chi connectivity index (χ2n) is 2.58. The number of aromatic nitrogens is 1. The number of hydrogen-bond acceptors (Lipinski definition) is 4. The number of nitrogen functional groups attached to an aromatic ring is 1. The molecule has 1 rings (SSSR count). The summed E-state index contributed by atoms with van der Waals surface area (Å²) in [6, 6.07) is 1.10. The number of rotatable bonds is 2. The molecule has 0 saturated carbocycles. The molecule has 0 unspecified atom stereocenters. The molecule has 0 fully saturated rings. The SMILES string of the molecule is COC(=O)c1c(I)cc(C(F)F)nc1N. The number of nitrogens with two attached hydrogens (primary N) is 1. The first kappa shape index (κ1) is 12.1. The number of ether oxygens (including phenoxy) is 1. The lowest BCUT2D eigenvalue weighted by Crippen LogP contribution is -2.11. The molecular weight excluding hydrogens is 321 g/mol. The van der Waals surface area contributed by atoms with E-state index in [-0.39, 0.29) is 11.4 Å². The minimum atomic E-state index is -2.72. The zero-order chi connectivity index (χ0) is 11.6. The summed E-state index contributed by atoms with van der Waals surface area (Å²) in [5, 5.41) is 0. The van der Waals surface area contributed by atoms with Gasteiger partial charge in [-0.05, 0) is 28.7 Å². The van der Waals surface area contributed by atoms with Crippen molar-refractivity contribution in [1.82, 2.24) is 4.98 Å². The lowest BCUT2D eigenvalue weighted by Gasteiger charge is -2.07. The Labute approximate surface area is 98.0 Å². The van der Waals surface area contributed by atoms with Gasteiger partial charge in [0.2, 0.25) is 0 Å². The summed E-state index contributed by atoms with van der Waals surface area (Å²) in [7, 11) is 1.18. The zero-order valence-electron chi connectivity index (χ0n) is 7.63. The molecule has 1 aromatic heterocycles. The summed E-state index contributed by atoms with van der Waals surface area (Å²) in [5.74, 6) is -0.936. The van der Waals surface area contributed by atoms with Gasteiger partial charge in [0.25, 0.3) is 6.43 Å². The van der Waals surface area contributed by atoms with Gasteiger partial charge in [-0.25, -0.2) is 18.6 Å². The van der Waals surface area contributed by atoms with Gasteiger partial charge in [-0.15, -0.1) is 0 Å². The van der Waals surface area contributed by atoms with Crippen molar-refractivity contribution >= 4 is 34.4 Å². The Balaban J connectivity index is 3.27. The van der Waals surface area contributed by atoms with E-state index in [2.05, 4.69) is 9.72 Å². The van der Waals surface area contributed by atoms with E-state index in [9.17, 15) is 13.6 Å². The molecule has 0 radical (unpaired) electrons. The standard InChI is InChI=1S/C8H7F2IN2O2/c1-15-8(14)5-3(11)2-4(6(9)10)13-7(5)12/h2,6H,1H3,(H2,12,13). The maximum Gasteiger partial charge on any atom is 0.342 e. The molecular formula is C8H7F2IN2O2. The van der Waals surface area contributed by atoms with Crippen molar-refractivity contribution in [3.8, 4) is 0 Å². The number of carbonyl (C=O) groups excluding carboxylic acids is 1. The zero-order valence-corrected chi connectivity index (χ0v) is 9.79. The van der Waals surface area contributed by atoms with E-state index in [1.54, 1.807) is 22.6 Å². The normalized spacial score (nSPS) is 10.5. The van der Waals surface area contributed by atoms with E-state index in [4.69, 9.17) is 5.73 Å². The fraction of sp³-hybridized carbons (Fsp3) is 0.250. The van der Waals surface area contributed by atoms with Crippen LogP contribution in [0.3, 0.4) is 0 Å². The summed E-state index contributed by atoms with van der Waals surface area (Å²) in [6.07, 6.45) is -2.72. The predicted molar refractivity (Wildman–Crippen MR) is 57.7 cm³/mol. The van der Waals surface area contributed by atoms with Crippen LogP contribution in [0.2, 0.25) is 0 Å². The number of halogens is 3. The monoisotopic (exact) mass is 328 g/mol. The minimum Gasteiger partial charge on any atom is -0.465 e. The van der Waals surface area contributed by atoms with Gasteiger partial charge in [-0.3, -0.25) is 0 Å². The van der Waals surface area contributed by atoms with Crippen molar-refractivity contribution in [3.63, 3.8) is 0 Å². The van der Waals surface area contributed by atoms with Crippen LogP contribution in [0, 0.1) is 3.57 Å². The Hall–Kier alpha value is -0.990. The number of methoxy groups -OCH3 is 1. The average Bonchev–Trinajstić information content (AvgIpc) is 2.16. The highest BCUT2D eigenvalue weighted by atomic mass is 127. The van der Waals surface area contributed by atoms with Crippen LogP contribution < -0.4 is 5.73 Å². The van der Waals surface area contributed by atoms with E-state index < -0.39 is 18.1 Å². The fourth-order valence-corrected chi connectivity index (χ4v) is 1.78. The molecule has 0 bridgehead atoms. The first-order chi connectivity index (χ1) is 6.97. The Morgan fingerprint density at radius 3 is 2.67 bits per heavy atom. The molecule has 82 valence electrons. The molecule has 1 heterocycles. The number of hydrogen-bond donors (Lipinski definition) is 1. The first-order valence-electron chi connectivity index (χ1n) is 3.79. The molecule has 0 amide bonds. The molecule has 0 aliphatic heterocycles. The molecule has 0 spiro atoms. The minimum absolute atomic E-state index is 0.0162. The van der Waals surface area contributed by atoms with Crippen LogP contribution in [0.1, 0.15) is 22.5 Å². The second-order valence-corrected chi connectivity index (χ2v) is 3.74. The van der Waals surface area contributed by atoms with Crippen molar-refractivity contribution < 1.29 is 18.3 Å². The van der Waals surface area contributed by atoms with Crippen molar-refractivity contribution in [2.45, 2.75) is 6.43 Å². The van der Waals surface area contributed by atoms with Crippen LogP contribution in [-0.2, 0) is 4.74 Å². The number of esters is 1. The lowest BCUT2D eigenvalue weighted by molar-refractivity contribution is 0.0599. The van der Waals surface area contributed by atoms with Gasteiger partial charge in [0.1, 0.15) is 17.1 Å². The quantitative estimate of drug-likeness (QED) is 0.666. The van der Waals surface area contributed by atoms with Gasteiger partial charge in [0.15, 0.2) is 0 Å². The molecule has 0 saturated heterocycles. The van der Waals surface area contributed by atoms with Crippen LogP contribution in [0.25, 0.3) is 0 Å². The van der Waals surface area contributed by atoms with Crippen LogP contribution in [-0.4, -0.2) is 18.1 Å². The molecule has 2 N–H and O–H groups in total. The van der Waals surface area contributed by atoms with E-state index in [1.807, 2.05) is 0 Å². The summed E-state index contributed by atoms with van der Waals surface area (Å²) in [4.78, 5) is 14.6. The highest BCUT2D eigenvalue weighted by Gasteiger charge is 2.19. The predicted octanol–water partition coefficient (Wildman–Crippen LogP) is 1.99. The van der Waals surface area contributed by atoms with Crippen molar-refractivity contribution in [1.29, 1.82) is 0 Å². The molecule has 0 aliphatic rings. The molecule has 0 aromatic carbocycles. The Morgan fingerprint density at radius 1 is 1.67 bits per heavy atom. The number of nitrogens with zero attached hydrogens (tertiary/aromatic N) is 1. The van der Waals surface area contributed by atoms with Gasteiger partial charge in [-0.1, -0.05) is 0 Å². The molecule has 0 aliphatic carbocycles. The maximum atomic E-state index is 12.3. The van der Waals surface area contributed by atoms with E-state index >= 15 is 0 Å². The largest absolute Gasteiger partial charge is 0.465 e. The summed E-state index contributed by atoms with van der Waals surface area (Å²) >= 11 is 1.73. The van der Waals surface area contributed by atoms with E-state index in [1.165, 1.54) is 7.11 Å². The van der Waals surface area contributed by atoms with Crippen LogP contribution >= 0.6 is 22.6 Å². The van der Waals surface area contributed by atoms with Gasteiger partial charge < -0.3 is 10.5 Å². The Bertz CT molecular complexity index is 375. The number of carbonyl (C=O) groups is 1. The number of anilines is 1. The fourth-order valence-electron chi connectivity index (χ4n) is 0.968. The van der Waals surface area contributed by atoms with Gasteiger partial charge in [0, 0.05) is 3.57 Å². The first-order valence-corrected chi connectivity index (χ1v) is 4.87. The molecule has 0 atom stereocenters. The molecule has 7 heteroatoms. The smallest absolute Gasteiger partial charge is 0.342 e. The molecule has 4 nitrogen and oxygen atoms in total. The summed E-state index contributed by atoms with van der Waals surface area (Å²) < 4.78 is 29.3. The van der Waals surface area contributed by atoms with Gasteiger partial charge >= 0.3 is 5.97 Å². The topological polar surface area (TPSA) is 65.2 Å². The van der Waals surface area contributed by atoms with Crippen LogP contribution in [0.5, 0.6) is 0 Å². The highest BCUT2D eigenvalue weighted by molar-refractivity contribution is 14.1. The average molecular weight is 328 g/mol. The van der Waals surface area contributed by atoms with Gasteiger partial charge in [-0.2, -0.15) is 0 Å². The molecule has 1 aromatic rings. The Morgan fingerprint density at radius 2 is 2.27 bits per heavy atom. The molecule has 15 heavy (non-hydrogen) atoms. The van der Waals surface area contributed by atoms with Crippen LogP contribution in [0.4, 0.5) is 14.6 Å². The Kier molecular flexibility index (Phi) is 3.77. The van der Waals surface area contributed by atoms with Crippen molar-refractivity contribution in [3.05, 3.63) is 20.9 Å². The second kappa shape index (κ2) is 4.69. The van der Waals surface area contributed by atoms with E-state index in [0.29, 0.717) is 3.57 Å². The third-order valence-corrected chi connectivity index (χ3v) is 2.48. The van der Waals surface area contributed by atoms with Gasteiger partial charge in [0.05, 0.1) is 7.11 Å². The maximum absolute atomic E-state index is 12.3. The third kappa shape index (κ3) is 2.52. The highest BCUT2D eigenvalue weighted by Crippen LogP contribution is 2.24. The summed E-state index contributed by atoms with van der Waals surface area (Å²) in [6.45, 7) is 0.